The third kappa shape index (κ3) is 3.13. The van der Waals surface area contributed by atoms with E-state index in [1.54, 1.807) is 0 Å². The number of thiazole rings is 1. The van der Waals surface area contributed by atoms with E-state index < -0.39 is 0 Å². The first kappa shape index (κ1) is 15.0. The van der Waals surface area contributed by atoms with Crippen LogP contribution in [0.4, 0.5) is 11.4 Å². The zero-order chi connectivity index (χ0) is 15.5. The molecular formula is C16H19N3O2S. The van der Waals surface area contributed by atoms with E-state index in [4.69, 9.17) is 4.74 Å². The van der Waals surface area contributed by atoms with Crippen LogP contribution in [0.15, 0.2) is 24.3 Å². The first-order valence-corrected chi connectivity index (χ1v) is 8.14. The number of nitrogens with zero attached hydrogens (tertiary/aromatic N) is 2. The molecule has 1 aliphatic heterocycles. The minimum Gasteiger partial charge on any atom is -0.378 e. The number of ether oxygens (including phenoxy) is 1. The third-order valence-corrected chi connectivity index (χ3v) is 4.69. The van der Waals surface area contributed by atoms with E-state index in [0.717, 1.165) is 48.4 Å². The predicted molar refractivity (Wildman–Crippen MR) is 89.0 cm³/mol. The summed E-state index contributed by atoms with van der Waals surface area (Å²) in [5, 5.41) is 3.93. The van der Waals surface area contributed by atoms with Gasteiger partial charge < -0.3 is 15.0 Å². The van der Waals surface area contributed by atoms with Crippen molar-refractivity contribution in [2.45, 2.75) is 13.8 Å². The largest absolute Gasteiger partial charge is 0.378 e. The molecule has 2 aromatic rings. The number of hydrogen-bond donors (Lipinski definition) is 1. The summed E-state index contributed by atoms with van der Waals surface area (Å²) < 4.78 is 5.39. The Morgan fingerprint density at radius 1 is 1.27 bits per heavy atom. The maximum Gasteiger partial charge on any atom is 0.267 e. The molecule has 1 aromatic heterocycles. The lowest BCUT2D eigenvalue weighted by atomic mass is 10.2. The van der Waals surface area contributed by atoms with Crippen LogP contribution in [-0.4, -0.2) is 37.2 Å². The lowest BCUT2D eigenvalue weighted by Gasteiger charge is -2.30. The summed E-state index contributed by atoms with van der Waals surface area (Å²) in [5.41, 5.74) is 2.65. The number of benzene rings is 1. The summed E-state index contributed by atoms with van der Waals surface area (Å²) in [5.74, 6) is -0.0937. The van der Waals surface area contributed by atoms with E-state index in [0.29, 0.717) is 4.88 Å². The van der Waals surface area contributed by atoms with Gasteiger partial charge in [-0.25, -0.2) is 4.98 Å². The van der Waals surface area contributed by atoms with Gasteiger partial charge in [-0.05, 0) is 26.0 Å². The molecule has 0 aliphatic carbocycles. The Hall–Kier alpha value is -1.92. The number of aryl methyl sites for hydroxylation is 2. The Balaban J connectivity index is 1.83. The number of hydrogen-bond acceptors (Lipinski definition) is 5. The van der Waals surface area contributed by atoms with Crippen LogP contribution in [0.3, 0.4) is 0 Å². The van der Waals surface area contributed by atoms with Crippen molar-refractivity contribution in [2.24, 2.45) is 0 Å². The first-order chi connectivity index (χ1) is 10.6. The second kappa shape index (κ2) is 6.46. The minimum atomic E-state index is -0.0937. The number of carbonyl (C=O) groups is 1. The lowest BCUT2D eigenvalue weighted by molar-refractivity contribution is 0.103. The highest BCUT2D eigenvalue weighted by atomic mass is 32.1. The summed E-state index contributed by atoms with van der Waals surface area (Å²) >= 11 is 1.43. The van der Waals surface area contributed by atoms with Crippen LogP contribution in [0.25, 0.3) is 0 Å². The van der Waals surface area contributed by atoms with E-state index in [1.807, 2.05) is 38.1 Å². The van der Waals surface area contributed by atoms with Crippen molar-refractivity contribution in [2.75, 3.05) is 36.5 Å². The van der Waals surface area contributed by atoms with Gasteiger partial charge in [-0.15, -0.1) is 11.3 Å². The van der Waals surface area contributed by atoms with Crippen molar-refractivity contribution in [1.29, 1.82) is 0 Å². The van der Waals surface area contributed by atoms with Gasteiger partial charge in [0.1, 0.15) is 4.88 Å². The Kier molecular flexibility index (Phi) is 4.40. The molecule has 0 saturated carbocycles. The van der Waals surface area contributed by atoms with Crippen molar-refractivity contribution < 1.29 is 9.53 Å². The van der Waals surface area contributed by atoms with Crippen molar-refractivity contribution in [1.82, 2.24) is 4.98 Å². The zero-order valence-electron chi connectivity index (χ0n) is 12.8. The molecule has 0 unspecified atom stereocenters. The number of anilines is 2. The second-order valence-electron chi connectivity index (χ2n) is 5.22. The van der Waals surface area contributed by atoms with Gasteiger partial charge in [-0.3, -0.25) is 4.79 Å². The average molecular weight is 317 g/mol. The number of amides is 1. The molecule has 22 heavy (non-hydrogen) atoms. The molecule has 1 N–H and O–H groups in total. The molecule has 0 bridgehead atoms. The molecular weight excluding hydrogens is 298 g/mol. The summed E-state index contributed by atoms with van der Waals surface area (Å²) in [7, 11) is 0. The highest BCUT2D eigenvalue weighted by molar-refractivity contribution is 7.13. The molecule has 0 spiro atoms. The van der Waals surface area contributed by atoms with Gasteiger partial charge in [0, 0.05) is 13.1 Å². The number of morpholine rings is 1. The fourth-order valence-corrected chi connectivity index (χ4v) is 3.40. The first-order valence-electron chi connectivity index (χ1n) is 7.32. The lowest BCUT2D eigenvalue weighted by Crippen LogP contribution is -2.36. The van der Waals surface area contributed by atoms with Crippen LogP contribution in [0.1, 0.15) is 20.4 Å². The van der Waals surface area contributed by atoms with Crippen molar-refractivity contribution >= 4 is 28.6 Å². The highest BCUT2D eigenvalue weighted by Crippen LogP contribution is 2.28. The summed E-state index contributed by atoms with van der Waals surface area (Å²) in [6.07, 6.45) is 0. The summed E-state index contributed by atoms with van der Waals surface area (Å²) in [6, 6.07) is 7.89. The van der Waals surface area contributed by atoms with Gasteiger partial charge >= 0.3 is 0 Å². The third-order valence-electron chi connectivity index (χ3n) is 3.61. The van der Waals surface area contributed by atoms with Crippen molar-refractivity contribution in [3.8, 4) is 0 Å². The maximum atomic E-state index is 12.5. The number of para-hydroxylation sites is 2. The number of aromatic nitrogens is 1. The Morgan fingerprint density at radius 2 is 2.00 bits per heavy atom. The van der Waals surface area contributed by atoms with Gasteiger partial charge in [0.2, 0.25) is 0 Å². The molecule has 1 amide bonds. The number of carbonyl (C=O) groups excluding carboxylic acids is 1. The smallest absolute Gasteiger partial charge is 0.267 e. The Labute approximate surface area is 133 Å². The molecule has 116 valence electrons. The quantitative estimate of drug-likeness (QED) is 0.946. The molecule has 6 heteroatoms. The van der Waals surface area contributed by atoms with Crippen LogP contribution in [0.2, 0.25) is 0 Å². The topological polar surface area (TPSA) is 54.5 Å². The molecule has 5 nitrogen and oxygen atoms in total. The zero-order valence-corrected chi connectivity index (χ0v) is 13.6. The van der Waals surface area contributed by atoms with Gasteiger partial charge in [0.25, 0.3) is 5.91 Å². The van der Waals surface area contributed by atoms with E-state index in [2.05, 4.69) is 15.2 Å². The Morgan fingerprint density at radius 3 is 2.68 bits per heavy atom. The standard InChI is InChI=1S/C16H19N3O2S/c1-11-15(22-12(2)17-11)16(20)18-13-5-3-4-6-14(13)19-7-9-21-10-8-19/h3-6H,7-10H2,1-2H3,(H,18,20). The van der Waals surface area contributed by atoms with Crippen LogP contribution in [-0.2, 0) is 4.74 Å². The van der Waals surface area contributed by atoms with Crippen molar-refractivity contribution in [3.05, 3.63) is 39.8 Å². The van der Waals surface area contributed by atoms with Crippen LogP contribution >= 0.6 is 11.3 Å². The summed E-state index contributed by atoms with van der Waals surface area (Å²) in [4.78, 5) is 19.7. The van der Waals surface area contributed by atoms with E-state index in [9.17, 15) is 4.79 Å². The van der Waals surface area contributed by atoms with E-state index in [1.165, 1.54) is 11.3 Å². The molecule has 1 aromatic carbocycles. The average Bonchev–Trinajstić information content (AvgIpc) is 2.87. The minimum absolute atomic E-state index is 0.0937. The molecule has 1 aliphatic rings. The molecule has 3 rings (SSSR count). The van der Waals surface area contributed by atoms with E-state index in [-0.39, 0.29) is 5.91 Å². The van der Waals surface area contributed by atoms with Gasteiger partial charge in [0.05, 0.1) is 35.3 Å². The fourth-order valence-electron chi connectivity index (χ4n) is 2.58. The molecule has 2 heterocycles. The molecule has 1 saturated heterocycles. The van der Waals surface area contributed by atoms with Crippen LogP contribution in [0, 0.1) is 13.8 Å². The highest BCUT2D eigenvalue weighted by Gasteiger charge is 2.18. The maximum absolute atomic E-state index is 12.5. The normalized spacial score (nSPS) is 14.9. The SMILES string of the molecule is Cc1nc(C)c(C(=O)Nc2ccccc2N2CCOCC2)s1. The summed E-state index contributed by atoms with van der Waals surface area (Å²) in [6.45, 7) is 6.89. The second-order valence-corrected chi connectivity index (χ2v) is 6.42. The van der Waals surface area contributed by atoms with Gasteiger partial charge in [0.15, 0.2) is 0 Å². The number of nitrogens with one attached hydrogen (secondary N) is 1. The van der Waals surface area contributed by atoms with Crippen LogP contribution < -0.4 is 10.2 Å². The van der Waals surface area contributed by atoms with Crippen molar-refractivity contribution in [3.63, 3.8) is 0 Å². The number of rotatable bonds is 3. The van der Waals surface area contributed by atoms with E-state index >= 15 is 0 Å². The fraction of sp³-hybridized carbons (Fsp3) is 0.375. The Bertz CT molecular complexity index is 678. The molecule has 0 radical (unpaired) electrons. The monoisotopic (exact) mass is 317 g/mol. The van der Waals surface area contributed by atoms with Gasteiger partial charge in [-0.1, -0.05) is 12.1 Å². The molecule has 1 fully saturated rings. The van der Waals surface area contributed by atoms with Gasteiger partial charge in [-0.2, -0.15) is 0 Å². The molecule has 0 atom stereocenters. The predicted octanol–water partition coefficient (Wildman–Crippen LogP) is 2.85. The van der Waals surface area contributed by atoms with Crippen LogP contribution in [0.5, 0.6) is 0 Å².